The molecular formula is C13H18N2O2S. The summed E-state index contributed by atoms with van der Waals surface area (Å²) in [5.41, 5.74) is 7.29. The van der Waals surface area contributed by atoms with Gasteiger partial charge in [0.2, 0.25) is 5.88 Å². The first-order valence-corrected chi connectivity index (χ1v) is 6.55. The molecule has 0 atom stereocenters. The Labute approximate surface area is 112 Å². The van der Waals surface area contributed by atoms with Gasteiger partial charge < -0.3 is 15.2 Å². The molecule has 1 aliphatic heterocycles. The Kier molecular flexibility index (Phi) is 4.49. The summed E-state index contributed by atoms with van der Waals surface area (Å²) in [6, 6.07) is 3.66. The van der Waals surface area contributed by atoms with Gasteiger partial charge in [0.25, 0.3) is 0 Å². The predicted molar refractivity (Wildman–Crippen MR) is 73.9 cm³/mol. The van der Waals surface area contributed by atoms with Gasteiger partial charge in [0, 0.05) is 30.5 Å². The zero-order valence-electron chi connectivity index (χ0n) is 10.5. The number of pyridine rings is 1. The third-order valence-corrected chi connectivity index (χ3v) is 3.26. The number of thiocarbonyl (C=S) groups is 1. The molecule has 1 aromatic rings. The molecule has 0 amide bonds. The standard InChI is InChI=1S/C13H18N2O2S/c1-9-6-11(13(14)18)7-12(15-9)17-8-10-2-4-16-5-3-10/h6-7,10H,2-5,8H2,1H3,(H2,14,18). The Bertz CT molecular complexity index is 431. The summed E-state index contributed by atoms with van der Waals surface area (Å²) >= 11 is 4.97. The minimum absolute atomic E-state index is 0.372. The summed E-state index contributed by atoms with van der Waals surface area (Å²) in [6.07, 6.45) is 2.10. The smallest absolute Gasteiger partial charge is 0.214 e. The molecule has 4 nitrogen and oxygen atoms in total. The molecule has 1 fully saturated rings. The van der Waals surface area contributed by atoms with E-state index in [2.05, 4.69) is 4.98 Å². The quantitative estimate of drug-likeness (QED) is 0.843. The summed E-state index contributed by atoms with van der Waals surface area (Å²) in [5.74, 6) is 1.15. The normalized spacial score (nSPS) is 16.5. The maximum atomic E-state index is 5.74. The van der Waals surface area contributed by atoms with Gasteiger partial charge in [-0.15, -0.1) is 0 Å². The van der Waals surface area contributed by atoms with E-state index in [4.69, 9.17) is 27.4 Å². The second-order valence-electron chi connectivity index (χ2n) is 4.57. The number of nitrogens with two attached hydrogens (primary N) is 1. The summed E-state index contributed by atoms with van der Waals surface area (Å²) in [5, 5.41) is 0. The molecule has 18 heavy (non-hydrogen) atoms. The Hall–Kier alpha value is -1.20. The molecule has 0 spiro atoms. The average Bonchev–Trinajstić information content (AvgIpc) is 2.37. The number of hydrogen-bond donors (Lipinski definition) is 1. The number of hydrogen-bond acceptors (Lipinski definition) is 4. The van der Waals surface area contributed by atoms with E-state index in [9.17, 15) is 0 Å². The highest BCUT2D eigenvalue weighted by Gasteiger charge is 2.15. The van der Waals surface area contributed by atoms with Crippen molar-refractivity contribution < 1.29 is 9.47 Å². The van der Waals surface area contributed by atoms with Crippen LogP contribution in [0.3, 0.4) is 0 Å². The van der Waals surface area contributed by atoms with Gasteiger partial charge in [0.15, 0.2) is 0 Å². The molecule has 1 saturated heterocycles. The van der Waals surface area contributed by atoms with Crippen LogP contribution in [0.5, 0.6) is 5.88 Å². The predicted octanol–water partition coefficient (Wildman–Crippen LogP) is 1.83. The van der Waals surface area contributed by atoms with Crippen molar-refractivity contribution in [3.8, 4) is 5.88 Å². The Morgan fingerprint density at radius 3 is 2.89 bits per heavy atom. The van der Waals surface area contributed by atoms with E-state index >= 15 is 0 Å². The molecule has 0 radical (unpaired) electrons. The van der Waals surface area contributed by atoms with Crippen LogP contribution in [0.2, 0.25) is 0 Å². The van der Waals surface area contributed by atoms with Crippen molar-refractivity contribution >= 4 is 17.2 Å². The van der Waals surface area contributed by atoms with Crippen LogP contribution in [0.1, 0.15) is 24.1 Å². The van der Waals surface area contributed by atoms with E-state index in [1.54, 1.807) is 6.07 Å². The van der Waals surface area contributed by atoms with Crippen LogP contribution in [0, 0.1) is 12.8 Å². The fourth-order valence-corrected chi connectivity index (χ4v) is 2.09. The summed E-state index contributed by atoms with van der Waals surface area (Å²) < 4.78 is 11.1. The molecule has 0 saturated carbocycles. The fraction of sp³-hybridized carbons (Fsp3) is 0.538. The fourth-order valence-electron chi connectivity index (χ4n) is 1.97. The number of rotatable bonds is 4. The lowest BCUT2D eigenvalue weighted by molar-refractivity contribution is 0.0490. The largest absolute Gasteiger partial charge is 0.477 e. The molecule has 1 aliphatic rings. The van der Waals surface area contributed by atoms with Crippen molar-refractivity contribution in [1.29, 1.82) is 0 Å². The second-order valence-corrected chi connectivity index (χ2v) is 5.01. The number of aromatic nitrogens is 1. The van der Waals surface area contributed by atoms with Crippen LogP contribution in [0.15, 0.2) is 12.1 Å². The van der Waals surface area contributed by atoms with Crippen LogP contribution in [0.4, 0.5) is 0 Å². The highest BCUT2D eigenvalue weighted by atomic mass is 32.1. The topological polar surface area (TPSA) is 57.4 Å². The molecule has 0 aliphatic carbocycles. The Morgan fingerprint density at radius 2 is 2.22 bits per heavy atom. The second kappa shape index (κ2) is 6.11. The van der Waals surface area contributed by atoms with Gasteiger partial charge in [0.1, 0.15) is 4.99 Å². The van der Waals surface area contributed by atoms with Gasteiger partial charge in [-0.3, -0.25) is 0 Å². The Morgan fingerprint density at radius 1 is 1.50 bits per heavy atom. The van der Waals surface area contributed by atoms with Crippen LogP contribution in [0.25, 0.3) is 0 Å². The van der Waals surface area contributed by atoms with E-state index in [1.807, 2.05) is 13.0 Å². The van der Waals surface area contributed by atoms with Crippen LogP contribution >= 0.6 is 12.2 Å². The molecule has 0 aromatic carbocycles. The van der Waals surface area contributed by atoms with E-state index < -0.39 is 0 Å². The maximum Gasteiger partial charge on any atom is 0.214 e. The van der Waals surface area contributed by atoms with Gasteiger partial charge >= 0.3 is 0 Å². The van der Waals surface area contributed by atoms with Gasteiger partial charge in [-0.25, -0.2) is 4.98 Å². The lowest BCUT2D eigenvalue weighted by Gasteiger charge is -2.21. The molecular weight excluding hydrogens is 248 g/mol. The SMILES string of the molecule is Cc1cc(C(N)=S)cc(OCC2CCOCC2)n1. The van der Waals surface area contributed by atoms with Gasteiger partial charge in [-0.05, 0) is 31.7 Å². The zero-order chi connectivity index (χ0) is 13.0. The van der Waals surface area contributed by atoms with E-state index in [0.717, 1.165) is 37.3 Å². The third-order valence-electron chi connectivity index (χ3n) is 3.02. The zero-order valence-corrected chi connectivity index (χ0v) is 11.3. The summed E-state index contributed by atoms with van der Waals surface area (Å²) in [6.45, 7) is 4.24. The molecule has 2 heterocycles. The monoisotopic (exact) mass is 266 g/mol. The summed E-state index contributed by atoms with van der Waals surface area (Å²) in [4.78, 5) is 4.70. The van der Waals surface area contributed by atoms with E-state index in [-0.39, 0.29) is 0 Å². The third kappa shape index (κ3) is 3.65. The molecule has 0 unspecified atom stereocenters. The molecule has 1 aromatic heterocycles. The van der Waals surface area contributed by atoms with E-state index in [1.165, 1.54) is 0 Å². The highest BCUT2D eigenvalue weighted by molar-refractivity contribution is 7.80. The minimum Gasteiger partial charge on any atom is -0.477 e. The van der Waals surface area contributed by atoms with Crippen LogP contribution < -0.4 is 10.5 Å². The van der Waals surface area contributed by atoms with Crippen LogP contribution in [-0.2, 0) is 4.74 Å². The van der Waals surface area contributed by atoms with Crippen molar-refractivity contribution in [2.45, 2.75) is 19.8 Å². The average molecular weight is 266 g/mol. The maximum absolute atomic E-state index is 5.74. The number of nitrogens with zero attached hydrogens (tertiary/aromatic N) is 1. The summed E-state index contributed by atoms with van der Waals surface area (Å²) in [7, 11) is 0. The number of aryl methyl sites for hydroxylation is 1. The van der Waals surface area contributed by atoms with Crippen molar-refractivity contribution in [2.75, 3.05) is 19.8 Å². The van der Waals surface area contributed by atoms with Gasteiger partial charge in [-0.2, -0.15) is 0 Å². The lowest BCUT2D eigenvalue weighted by Crippen LogP contribution is -2.22. The van der Waals surface area contributed by atoms with Gasteiger partial charge in [-0.1, -0.05) is 12.2 Å². The first-order chi connectivity index (χ1) is 8.65. The molecule has 5 heteroatoms. The lowest BCUT2D eigenvalue weighted by atomic mass is 10.0. The van der Waals surface area contributed by atoms with Crippen molar-refractivity contribution in [3.63, 3.8) is 0 Å². The van der Waals surface area contributed by atoms with E-state index in [0.29, 0.717) is 23.4 Å². The highest BCUT2D eigenvalue weighted by Crippen LogP contribution is 2.18. The first kappa shape index (κ1) is 13.2. The number of ether oxygens (including phenoxy) is 2. The van der Waals surface area contributed by atoms with Crippen molar-refractivity contribution in [2.24, 2.45) is 11.7 Å². The van der Waals surface area contributed by atoms with Crippen molar-refractivity contribution in [3.05, 3.63) is 23.4 Å². The van der Waals surface area contributed by atoms with Crippen LogP contribution in [-0.4, -0.2) is 29.8 Å². The molecule has 2 rings (SSSR count). The minimum atomic E-state index is 0.372. The molecule has 0 bridgehead atoms. The molecule has 2 N–H and O–H groups in total. The first-order valence-electron chi connectivity index (χ1n) is 6.14. The van der Waals surface area contributed by atoms with Crippen molar-refractivity contribution in [1.82, 2.24) is 4.98 Å². The molecule has 98 valence electrons. The Balaban J connectivity index is 1.97. The van der Waals surface area contributed by atoms with Gasteiger partial charge in [0.05, 0.1) is 6.61 Å².